The Hall–Kier alpha value is -1.19. The summed E-state index contributed by atoms with van der Waals surface area (Å²) >= 11 is 1.74. The van der Waals surface area contributed by atoms with E-state index >= 15 is 0 Å². The molecule has 5 nitrogen and oxygen atoms in total. The Balaban J connectivity index is 0.00000338. The molecule has 0 spiro atoms. The normalized spacial score (nSPS) is 11.3. The highest BCUT2D eigenvalue weighted by atomic mass is 127. The van der Waals surface area contributed by atoms with Crippen molar-refractivity contribution in [2.75, 3.05) is 13.6 Å². The van der Waals surface area contributed by atoms with Crippen molar-refractivity contribution in [3.63, 3.8) is 0 Å². The molecule has 1 aromatic heterocycles. The van der Waals surface area contributed by atoms with E-state index in [1.807, 2.05) is 20.0 Å². The Bertz CT molecular complexity index is 670. The third kappa shape index (κ3) is 8.46. The molecule has 0 aliphatic heterocycles. The van der Waals surface area contributed by atoms with Gasteiger partial charge in [0.2, 0.25) is 0 Å². The van der Waals surface area contributed by atoms with Crippen molar-refractivity contribution >= 4 is 41.3 Å². The van der Waals surface area contributed by atoms with Crippen LogP contribution >= 0.6 is 35.3 Å². The van der Waals surface area contributed by atoms with Crippen molar-refractivity contribution in [3.8, 4) is 0 Å². The van der Waals surface area contributed by atoms with E-state index in [1.54, 1.807) is 18.4 Å². The summed E-state index contributed by atoms with van der Waals surface area (Å²) in [4.78, 5) is 9.89. The molecular weight excluding hydrogens is 459 g/mol. The monoisotopic (exact) mass is 488 g/mol. The first-order chi connectivity index (χ1) is 12.1. The number of hydrogen-bond acceptors (Lipinski definition) is 4. The van der Waals surface area contributed by atoms with Gasteiger partial charge in [0.1, 0.15) is 0 Å². The van der Waals surface area contributed by atoms with Crippen LogP contribution in [0.15, 0.2) is 35.5 Å². The largest absolute Gasteiger partial charge is 0.374 e. The third-order valence-electron chi connectivity index (χ3n) is 3.59. The van der Waals surface area contributed by atoms with Gasteiger partial charge in [-0.3, -0.25) is 4.99 Å². The van der Waals surface area contributed by atoms with Crippen LogP contribution in [0.5, 0.6) is 0 Å². The van der Waals surface area contributed by atoms with Crippen LogP contribution in [-0.2, 0) is 24.3 Å². The number of hydrogen-bond donors (Lipinski definition) is 2. The van der Waals surface area contributed by atoms with Gasteiger partial charge in [-0.05, 0) is 31.9 Å². The van der Waals surface area contributed by atoms with Gasteiger partial charge in [0.05, 0.1) is 17.7 Å². The summed E-state index contributed by atoms with van der Waals surface area (Å²) in [6, 6.07) is 8.47. The van der Waals surface area contributed by atoms with Gasteiger partial charge in [0, 0.05) is 37.6 Å². The molecule has 0 radical (unpaired) electrons. The van der Waals surface area contributed by atoms with Gasteiger partial charge in [-0.15, -0.1) is 35.3 Å². The van der Waals surface area contributed by atoms with E-state index in [0.29, 0.717) is 6.61 Å². The van der Waals surface area contributed by atoms with Crippen LogP contribution in [0.1, 0.15) is 34.9 Å². The fourth-order valence-electron chi connectivity index (χ4n) is 2.23. The Morgan fingerprint density at radius 1 is 1.19 bits per heavy atom. The molecule has 0 bridgehead atoms. The number of thiazole rings is 1. The zero-order valence-corrected chi connectivity index (χ0v) is 19.1. The van der Waals surface area contributed by atoms with E-state index in [9.17, 15) is 0 Å². The fourth-order valence-corrected chi connectivity index (χ4v) is 3.01. The highest BCUT2D eigenvalue weighted by Gasteiger charge is 2.02. The lowest BCUT2D eigenvalue weighted by atomic mass is 10.1. The number of ether oxygens (including phenoxy) is 1. The maximum atomic E-state index is 5.62. The molecule has 0 saturated heterocycles. The van der Waals surface area contributed by atoms with E-state index in [0.717, 1.165) is 30.5 Å². The van der Waals surface area contributed by atoms with Crippen LogP contribution in [0, 0.1) is 6.92 Å². The van der Waals surface area contributed by atoms with Gasteiger partial charge in [-0.2, -0.15) is 0 Å². The number of rotatable bonds is 8. The van der Waals surface area contributed by atoms with Crippen LogP contribution in [0.2, 0.25) is 0 Å². The quantitative estimate of drug-likeness (QED) is 0.336. The van der Waals surface area contributed by atoms with Crippen molar-refractivity contribution < 1.29 is 4.74 Å². The predicted octanol–water partition coefficient (Wildman–Crippen LogP) is 3.90. The smallest absolute Gasteiger partial charge is 0.191 e. The molecule has 1 aromatic carbocycles. The second-order valence-corrected chi connectivity index (χ2v) is 7.46. The van der Waals surface area contributed by atoms with Crippen molar-refractivity contribution in [1.29, 1.82) is 0 Å². The molecule has 0 atom stereocenters. The molecular formula is C19H29IN4OS. The molecule has 0 aliphatic rings. The molecule has 0 amide bonds. The van der Waals surface area contributed by atoms with E-state index in [1.165, 1.54) is 16.0 Å². The van der Waals surface area contributed by atoms with Gasteiger partial charge < -0.3 is 15.4 Å². The zero-order chi connectivity index (χ0) is 18.1. The summed E-state index contributed by atoms with van der Waals surface area (Å²) in [5.74, 6) is 0.806. The number of nitrogens with zero attached hydrogens (tertiary/aromatic N) is 2. The summed E-state index contributed by atoms with van der Waals surface area (Å²) in [5, 5.41) is 7.82. The van der Waals surface area contributed by atoms with E-state index in [4.69, 9.17) is 4.74 Å². The molecule has 2 N–H and O–H groups in total. The Labute approximate surface area is 177 Å². The van der Waals surface area contributed by atoms with Crippen molar-refractivity contribution in [3.05, 3.63) is 51.5 Å². The van der Waals surface area contributed by atoms with Crippen molar-refractivity contribution in [2.45, 2.75) is 46.4 Å². The average molecular weight is 488 g/mol. The molecule has 144 valence electrons. The van der Waals surface area contributed by atoms with E-state index in [2.05, 4.69) is 51.8 Å². The molecule has 2 rings (SSSR count). The van der Waals surface area contributed by atoms with Crippen LogP contribution < -0.4 is 10.6 Å². The van der Waals surface area contributed by atoms with E-state index < -0.39 is 0 Å². The maximum Gasteiger partial charge on any atom is 0.191 e. The number of aryl methyl sites for hydroxylation is 1. The molecule has 0 unspecified atom stereocenters. The third-order valence-corrected chi connectivity index (χ3v) is 4.56. The number of aliphatic imine (C=N–C) groups is 1. The van der Waals surface area contributed by atoms with Crippen LogP contribution in [0.4, 0.5) is 0 Å². The Morgan fingerprint density at radius 2 is 1.88 bits per heavy atom. The summed E-state index contributed by atoms with van der Waals surface area (Å²) in [6.45, 7) is 8.39. The minimum Gasteiger partial charge on any atom is -0.374 e. The molecule has 0 saturated carbocycles. The van der Waals surface area contributed by atoms with Crippen molar-refractivity contribution in [2.24, 2.45) is 4.99 Å². The predicted molar refractivity (Wildman–Crippen MR) is 121 cm³/mol. The maximum absolute atomic E-state index is 5.62. The lowest BCUT2D eigenvalue weighted by molar-refractivity contribution is 0.0657. The number of aromatic nitrogens is 1. The highest BCUT2D eigenvalue weighted by Crippen LogP contribution is 2.11. The summed E-state index contributed by atoms with van der Waals surface area (Å²) in [5.41, 5.74) is 2.41. The molecule has 26 heavy (non-hydrogen) atoms. The number of halogens is 1. The van der Waals surface area contributed by atoms with Gasteiger partial charge in [0.25, 0.3) is 0 Å². The van der Waals surface area contributed by atoms with Crippen LogP contribution in [-0.4, -0.2) is 30.6 Å². The molecule has 0 aliphatic carbocycles. The minimum absolute atomic E-state index is 0. The Morgan fingerprint density at radius 3 is 2.46 bits per heavy atom. The molecule has 2 aromatic rings. The Kier molecular flexibility index (Phi) is 10.8. The van der Waals surface area contributed by atoms with Gasteiger partial charge in [0.15, 0.2) is 5.96 Å². The second-order valence-electron chi connectivity index (χ2n) is 6.14. The molecule has 0 fully saturated rings. The molecule has 7 heteroatoms. The number of nitrogens with one attached hydrogen (secondary N) is 2. The minimum atomic E-state index is 0. The summed E-state index contributed by atoms with van der Waals surface area (Å²) in [6.07, 6.45) is 3.08. The number of guanidine groups is 1. The highest BCUT2D eigenvalue weighted by molar-refractivity contribution is 14.0. The van der Waals surface area contributed by atoms with Gasteiger partial charge in [-0.1, -0.05) is 24.3 Å². The lowest BCUT2D eigenvalue weighted by Gasteiger charge is -2.12. The van der Waals surface area contributed by atoms with Crippen LogP contribution in [0.25, 0.3) is 0 Å². The van der Waals surface area contributed by atoms with Gasteiger partial charge in [-0.25, -0.2) is 4.98 Å². The van der Waals surface area contributed by atoms with Gasteiger partial charge >= 0.3 is 0 Å². The lowest BCUT2D eigenvalue weighted by Crippen LogP contribution is -2.37. The van der Waals surface area contributed by atoms with Crippen LogP contribution in [0.3, 0.4) is 0 Å². The first-order valence-electron chi connectivity index (χ1n) is 8.62. The fraction of sp³-hybridized carbons (Fsp3) is 0.474. The number of benzene rings is 1. The standard InChI is InChI=1S/C19H28N4OS.HI/c1-14(2)24-13-17-7-5-16(6-8-17)12-23-19(20-4)21-10-9-18-22-11-15(3)25-18;/h5-8,11,14H,9-10,12-13H2,1-4H3,(H2,20,21,23);1H. The second kappa shape index (κ2) is 12.2. The molecule has 1 heterocycles. The average Bonchev–Trinajstić information content (AvgIpc) is 3.02. The SMILES string of the molecule is CN=C(NCCc1ncc(C)s1)NCc1ccc(COC(C)C)cc1.I. The first-order valence-corrected chi connectivity index (χ1v) is 9.43. The van der Waals surface area contributed by atoms with E-state index in [-0.39, 0.29) is 30.1 Å². The zero-order valence-electron chi connectivity index (χ0n) is 15.9. The topological polar surface area (TPSA) is 58.5 Å². The first kappa shape index (κ1) is 22.9. The summed E-state index contributed by atoms with van der Waals surface area (Å²) in [7, 11) is 1.79. The van der Waals surface area contributed by atoms with Crippen molar-refractivity contribution in [1.82, 2.24) is 15.6 Å². The summed E-state index contributed by atoms with van der Waals surface area (Å²) < 4.78 is 5.62.